The van der Waals surface area contributed by atoms with Crippen molar-refractivity contribution < 1.29 is 24.3 Å². The maximum atomic E-state index is 11.5. The molecule has 0 aliphatic carbocycles. The first-order chi connectivity index (χ1) is 14.4. The molecule has 0 amide bonds. The normalized spacial score (nSPS) is 15.7. The van der Waals surface area contributed by atoms with Gasteiger partial charge in [-0.25, -0.2) is 0 Å². The number of aliphatic hydroxyl groups is 1. The Labute approximate surface area is 179 Å². The van der Waals surface area contributed by atoms with Crippen LogP contribution in [-0.4, -0.2) is 63.4 Å². The van der Waals surface area contributed by atoms with E-state index in [-0.39, 0.29) is 12.4 Å². The number of anilines is 1. The Morgan fingerprint density at radius 1 is 1.10 bits per heavy atom. The number of aryl methyl sites for hydroxylation is 2. The number of ether oxygens (including phenoxy) is 2. The summed E-state index contributed by atoms with van der Waals surface area (Å²) in [5, 5.41) is 10.5. The van der Waals surface area contributed by atoms with Gasteiger partial charge in [-0.15, -0.1) is 0 Å². The van der Waals surface area contributed by atoms with Gasteiger partial charge in [0.2, 0.25) is 0 Å². The average molecular weight is 414 g/mol. The van der Waals surface area contributed by atoms with E-state index in [4.69, 9.17) is 9.47 Å². The lowest BCUT2D eigenvalue weighted by Crippen LogP contribution is -3.16. The van der Waals surface area contributed by atoms with Crippen molar-refractivity contribution in [3.8, 4) is 11.5 Å². The molecule has 1 heterocycles. The highest BCUT2D eigenvalue weighted by molar-refractivity contribution is 5.94. The quantitative estimate of drug-likeness (QED) is 0.645. The SMILES string of the molecule is COc1cc(C(C)=O)ccc1OC[C@@H](O)C[NH+]1CCN(c2cc(C)cc(C)c2)CC1. The monoisotopic (exact) mass is 413 g/mol. The molecule has 1 fully saturated rings. The van der Waals surface area contributed by atoms with Gasteiger partial charge in [-0.05, 0) is 62.2 Å². The third-order valence-corrected chi connectivity index (χ3v) is 5.57. The molecule has 0 spiro atoms. The van der Waals surface area contributed by atoms with Crippen molar-refractivity contribution in [3.05, 3.63) is 53.1 Å². The smallest absolute Gasteiger partial charge is 0.161 e. The van der Waals surface area contributed by atoms with Crippen LogP contribution in [0.5, 0.6) is 11.5 Å². The number of hydrogen-bond acceptors (Lipinski definition) is 5. The lowest BCUT2D eigenvalue weighted by Gasteiger charge is -2.34. The van der Waals surface area contributed by atoms with Crippen LogP contribution >= 0.6 is 0 Å². The largest absolute Gasteiger partial charge is 0.493 e. The van der Waals surface area contributed by atoms with E-state index < -0.39 is 6.10 Å². The Morgan fingerprint density at radius 3 is 2.37 bits per heavy atom. The average Bonchev–Trinajstić information content (AvgIpc) is 2.71. The number of methoxy groups -OCH3 is 1. The Kier molecular flexibility index (Phi) is 7.34. The summed E-state index contributed by atoms with van der Waals surface area (Å²) in [6.45, 7) is 10.6. The number of Topliss-reactive ketones (excluding diaryl/α,β-unsaturated/α-hetero) is 1. The van der Waals surface area contributed by atoms with Gasteiger partial charge in [-0.3, -0.25) is 4.79 Å². The minimum Gasteiger partial charge on any atom is -0.493 e. The van der Waals surface area contributed by atoms with Crippen molar-refractivity contribution in [2.24, 2.45) is 0 Å². The number of nitrogens with one attached hydrogen (secondary N) is 1. The summed E-state index contributed by atoms with van der Waals surface area (Å²) >= 11 is 0. The molecule has 0 radical (unpaired) electrons. The molecule has 0 aromatic heterocycles. The van der Waals surface area contributed by atoms with Crippen LogP contribution in [0.3, 0.4) is 0 Å². The zero-order valence-corrected chi connectivity index (χ0v) is 18.4. The Bertz CT molecular complexity index is 855. The number of carbonyl (C=O) groups excluding carboxylic acids is 1. The molecule has 6 nitrogen and oxygen atoms in total. The lowest BCUT2D eigenvalue weighted by molar-refractivity contribution is -0.903. The van der Waals surface area contributed by atoms with Gasteiger partial charge in [0.1, 0.15) is 19.3 Å². The van der Waals surface area contributed by atoms with Crippen LogP contribution in [0.15, 0.2) is 36.4 Å². The maximum Gasteiger partial charge on any atom is 0.161 e. The van der Waals surface area contributed by atoms with Crippen molar-refractivity contribution in [1.29, 1.82) is 0 Å². The molecule has 0 bridgehead atoms. The highest BCUT2D eigenvalue weighted by atomic mass is 16.5. The third kappa shape index (κ3) is 5.74. The minimum absolute atomic E-state index is 0.0246. The van der Waals surface area contributed by atoms with Gasteiger partial charge in [-0.1, -0.05) is 6.07 Å². The molecular formula is C24H33N2O4+. The van der Waals surface area contributed by atoms with Crippen molar-refractivity contribution in [3.63, 3.8) is 0 Å². The van der Waals surface area contributed by atoms with Crippen LogP contribution in [-0.2, 0) is 0 Å². The molecule has 2 aromatic rings. The van der Waals surface area contributed by atoms with Crippen molar-refractivity contribution >= 4 is 11.5 Å². The van der Waals surface area contributed by atoms with E-state index in [0.29, 0.717) is 23.6 Å². The predicted octanol–water partition coefficient (Wildman–Crippen LogP) is 1.66. The molecule has 0 unspecified atom stereocenters. The molecule has 0 saturated carbocycles. The first-order valence-corrected chi connectivity index (χ1v) is 10.5. The van der Waals surface area contributed by atoms with Crippen LogP contribution < -0.4 is 19.3 Å². The standard InChI is InChI=1S/C24H32N2O4/c1-17-11-18(2)13-21(12-17)26-9-7-25(8-10-26)15-22(28)16-30-23-6-5-20(19(3)27)14-24(23)29-4/h5-6,11-14,22,28H,7-10,15-16H2,1-4H3/p+1/t22-/m0/s1. The summed E-state index contributed by atoms with van der Waals surface area (Å²) in [4.78, 5) is 15.3. The topological polar surface area (TPSA) is 63.4 Å². The molecule has 162 valence electrons. The van der Waals surface area contributed by atoms with Crippen molar-refractivity contribution in [1.82, 2.24) is 0 Å². The van der Waals surface area contributed by atoms with E-state index in [1.807, 2.05) is 0 Å². The lowest BCUT2D eigenvalue weighted by atomic mass is 10.1. The van der Waals surface area contributed by atoms with Gasteiger partial charge in [0, 0.05) is 11.3 Å². The number of ketones is 1. The second-order valence-corrected chi connectivity index (χ2v) is 8.17. The van der Waals surface area contributed by atoms with E-state index in [0.717, 1.165) is 26.2 Å². The summed E-state index contributed by atoms with van der Waals surface area (Å²) in [5.74, 6) is 1.02. The zero-order chi connectivity index (χ0) is 21.7. The maximum absolute atomic E-state index is 11.5. The number of benzene rings is 2. The molecular weight excluding hydrogens is 380 g/mol. The van der Waals surface area contributed by atoms with Crippen molar-refractivity contribution in [2.45, 2.75) is 26.9 Å². The van der Waals surface area contributed by atoms with Gasteiger partial charge in [0.05, 0.1) is 33.3 Å². The molecule has 1 aliphatic rings. The van der Waals surface area contributed by atoms with Gasteiger partial charge < -0.3 is 24.4 Å². The number of piperazine rings is 1. The first kappa shape index (κ1) is 22.1. The van der Waals surface area contributed by atoms with Gasteiger partial charge in [0.15, 0.2) is 17.3 Å². The highest BCUT2D eigenvalue weighted by Gasteiger charge is 2.23. The molecule has 2 N–H and O–H groups in total. The van der Waals surface area contributed by atoms with Gasteiger partial charge >= 0.3 is 0 Å². The number of nitrogens with zero attached hydrogens (tertiary/aromatic N) is 1. The van der Waals surface area contributed by atoms with E-state index in [1.165, 1.54) is 28.6 Å². The fourth-order valence-electron chi connectivity index (χ4n) is 4.00. The molecule has 3 rings (SSSR count). The summed E-state index contributed by atoms with van der Waals surface area (Å²) in [6, 6.07) is 11.8. The van der Waals surface area contributed by atoms with Gasteiger partial charge in [-0.2, -0.15) is 0 Å². The first-order valence-electron chi connectivity index (χ1n) is 10.5. The van der Waals surface area contributed by atoms with E-state index in [1.54, 1.807) is 25.3 Å². The van der Waals surface area contributed by atoms with Crippen LogP contribution in [0.1, 0.15) is 28.4 Å². The van der Waals surface area contributed by atoms with Crippen LogP contribution in [0.2, 0.25) is 0 Å². The molecule has 1 atom stereocenters. The fourth-order valence-corrected chi connectivity index (χ4v) is 4.00. The molecule has 30 heavy (non-hydrogen) atoms. The van der Waals surface area contributed by atoms with Gasteiger partial charge in [0.25, 0.3) is 0 Å². The van der Waals surface area contributed by atoms with Crippen LogP contribution in [0, 0.1) is 13.8 Å². The number of hydrogen-bond donors (Lipinski definition) is 2. The Hall–Kier alpha value is -2.57. The summed E-state index contributed by atoms with van der Waals surface area (Å²) in [5.41, 5.74) is 4.45. The molecule has 6 heteroatoms. The summed E-state index contributed by atoms with van der Waals surface area (Å²) in [7, 11) is 1.54. The molecule has 2 aromatic carbocycles. The minimum atomic E-state index is -0.565. The second-order valence-electron chi connectivity index (χ2n) is 8.17. The van der Waals surface area contributed by atoms with Crippen molar-refractivity contribution in [2.75, 3.05) is 51.3 Å². The number of quaternary nitrogens is 1. The van der Waals surface area contributed by atoms with Crippen LogP contribution in [0.4, 0.5) is 5.69 Å². The van der Waals surface area contributed by atoms with E-state index in [2.05, 4.69) is 36.9 Å². The highest BCUT2D eigenvalue weighted by Crippen LogP contribution is 2.28. The Morgan fingerprint density at radius 2 is 1.77 bits per heavy atom. The predicted molar refractivity (Wildman–Crippen MR) is 118 cm³/mol. The van der Waals surface area contributed by atoms with Crippen LogP contribution in [0.25, 0.3) is 0 Å². The summed E-state index contributed by atoms with van der Waals surface area (Å²) in [6.07, 6.45) is -0.565. The number of rotatable bonds is 8. The zero-order valence-electron chi connectivity index (χ0n) is 18.4. The second kappa shape index (κ2) is 9.96. The molecule has 1 saturated heterocycles. The Balaban J connectivity index is 1.48. The number of carbonyl (C=O) groups is 1. The van der Waals surface area contributed by atoms with E-state index in [9.17, 15) is 9.90 Å². The number of aliphatic hydroxyl groups excluding tert-OH is 1. The van der Waals surface area contributed by atoms with E-state index >= 15 is 0 Å². The third-order valence-electron chi connectivity index (χ3n) is 5.57. The molecule has 1 aliphatic heterocycles. The fraction of sp³-hybridized carbons (Fsp3) is 0.458. The summed E-state index contributed by atoms with van der Waals surface area (Å²) < 4.78 is 11.1.